The van der Waals surface area contributed by atoms with Crippen LogP contribution in [0.5, 0.6) is 17.2 Å². The van der Waals surface area contributed by atoms with Gasteiger partial charge in [-0.2, -0.15) is 0 Å². The van der Waals surface area contributed by atoms with Gasteiger partial charge < -0.3 is 19.5 Å². The van der Waals surface area contributed by atoms with Crippen LogP contribution in [0.1, 0.15) is 35.2 Å². The van der Waals surface area contributed by atoms with Crippen LogP contribution in [0.25, 0.3) is 6.08 Å². The van der Waals surface area contributed by atoms with Gasteiger partial charge in [-0.3, -0.25) is 14.2 Å². The van der Waals surface area contributed by atoms with Gasteiger partial charge in [-0.15, -0.1) is 0 Å². The van der Waals surface area contributed by atoms with E-state index in [1.54, 1.807) is 35.8 Å². The first-order chi connectivity index (χ1) is 22.6. The number of halogens is 2. The van der Waals surface area contributed by atoms with Crippen LogP contribution < -0.4 is 34.4 Å². The molecule has 1 aromatic heterocycles. The third-order valence-electron chi connectivity index (χ3n) is 8.44. The standard InChI is InChI=1S/C36H29F2N3O5S/c1-20-8-4-6-10-26(20)39-33(42)31-32-24-9-5-7-11-28(24)46-36(31,2)40-35-41(32)34(43)30(47-35)17-21-12-14-27(44-3)22(16-21)19-45-29-15-13-23(37)18-25(29)38/h4-18,31-32H,19H2,1-3H3,(H,39,42)/b30-17+. The summed E-state index contributed by atoms with van der Waals surface area (Å²) in [5.41, 5.74) is 1.98. The Hall–Kier alpha value is -5.29. The summed E-state index contributed by atoms with van der Waals surface area (Å²) in [5, 5.41) is 3.04. The second-order valence-corrected chi connectivity index (χ2v) is 12.5. The molecule has 4 aromatic carbocycles. The van der Waals surface area contributed by atoms with E-state index in [-0.39, 0.29) is 23.8 Å². The molecule has 0 spiro atoms. The molecule has 0 saturated carbocycles. The monoisotopic (exact) mass is 653 g/mol. The molecule has 2 aliphatic heterocycles. The van der Waals surface area contributed by atoms with Crippen molar-refractivity contribution in [3.63, 3.8) is 0 Å². The van der Waals surface area contributed by atoms with E-state index in [4.69, 9.17) is 19.2 Å². The first kappa shape index (κ1) is 30.4. The number of anilines is 1. The first-order valence-electron chi connectivity index (χ1n) is 14.9. The third kappa shape index (κ3) is 5.46. The highest BCUT2D eigenvalue weighted by Gasteiger charge is 2.55. The van der Waals surface area contributed by atoms with Gasteiger partial charge in [-0.25, -0.2) is 13.8 Å². The minimum atomic E-state index is -1.28. The molecule has 3 unspecified atom stereocenters. The average Bonchev–Trinajstić information content (AvgIpc) is 3.34. The van der Waals surface area contributed by atoms with E-state index in [0.717, 1.165) is 23.3 Å². The van der Waals surface area contributed by atoms with Gasteiger partial charge in [-0.1, -0.05) is 53.8 Å². The lowest BCUT2D eigenvalue weighted by Gasteiger charge is -2.45. The number of benzene rings is 4. The van der Waals surface area contributed by atoms with Gasteiger partial charge in [0.25, 0.3) is 5.56 Å². The molecule has 1 N–H and O–H groups in total. The summed E-state index contributed by atoms with van der Waals surface area (Å²) in [4.78, 5) is 33.5. The van der Waals surface area contributed by atoms with Crippen molar-refractivity contribution in [3.05, 3.63) is 139 Å². The maximum absolute atomic E-state index is 14.2. The Balaban J connectivity index is 1.29. The van der Waals surface area contributed by atoms with Crippen molar-refractivity contribution in [1.82, 2.24) is 4.57 Å². The molecule has 3 atom stereocenters. The summed E-state index contributed by atoms with van der Waals surface area (Å²) in [6.45, 7) is 3.63. The highest BCUT2D eigenvalue weighted by atomic mass is 32.1. The van der Waals surface area contributed by atoms with Crippen LogP contribution >= 0.6 is 11.3 Å². The van der Waals surface area contributed by atoms with Crippen molar-refractivity contribution in [2.45, 2.75) is 32.2 Å². The van der Waals surface area contributed by atoms with Crippen molar-refractivity contribution < 1.29 is 27.8 Å². The Morgan fingerprint density at radius 1 is 1.06 bits per heavy atom. The number of carbonyl (C=O) groups excluding carboxylic acids is 1. The molecule has 47 heavy (non-hydrogen) atoms. The Morgan fingerprint density at radius 3 is 2.62 bits per heavy atom. The quantitative estimate of drug-likeness (QED) is 0.251. The molecule has 1 amide bonds. The van der Waals surface area contributed by atoms with Gasteiger partial charge in [-0.05, 0) is 67.4 Å². The zero-order valence-corrected chi connectivity index (χ0v) is 26.4. The van der Waals surface area contributed by atoms with E-state index in [9.17, 15) is 18.4 Å². The molecule has 2 aliphatic rings. The number of para-hydroxylation sites is 2. The van der Waals surface area contributed by atoms with Crippen LogP contribution in [0.2, 0.25) is 0 Å². The van der Waals surface area contributed by atoms with Gasteiger partial charge in [0.2, 0.25) is 11.6 Å². The van der Waals surface area contributed by atoms with Gasteiger partial charge >= 0.3 is 0 Å². The van der Waals surface area contributed by atoms with E-state index < -0.39 is 29.3 Å². The van der Waals surface area contributed by atoms with Crippen molar-refractivity contribution in [2.75, 3.05) is 12.4 Å². The van der Waals surface area contributed by atoms with E-state index in [1.165, 1.54) is 24.5 Å². The molecule has 0 fully saturated rings. The molecule has 0 saturated heterocycles. The SMILES string of the molecule is COc1ccc(/C=c2/sc3n(c2=O)C2c4ccccc4OC(C)(N=3)C2C(=O)Nc2ccccc2C)cc1COc1ccc(F)cc1F. The van der Waals surface area contributed by atoms with Crippen molar-refractivity contribution in [3.8, 4) is 17.2 Å². The van der Waals surface area contributed by atoms with Gasteiger partial charge in [0.05, 0.1) is 17.7 Å². The summed E-state index contributed by atoms with van der Waals surface area (Å²) >= 11 is 1.21. The molecule has 0 aliphatic carbocycles. The van der Waals surface area contributed by atoms with Crippen molar-refractivity contribution >= 4 is 29.0 Å². The van der Waals surface area contributed by atoms with E-state index in [0.29, 0.717) is 37.6 Å². The van der Waals surface area contributed by atoms with Gasteiger partial charge in [0.15, 0.2) is 16.4 Å². The molecule has 3 heterocycles. The van der Waals surface area contributed by atoms with Crippen molar-refractivity contribution in [1.29, 1.82) is 0 Å². The molecule has 11 heteroatoms. The number of nitrogens with zero attached hydrogens (tertiary/aromatic N) is 2. The number of aryl methyl sites for hydroxylation is 1. The Kier molecular flexibility index (Phi) is 7.63. The Labute approximate surface area is 272 Å². The summed E-state index contributed by atoms with van der Waals surface area (Å²) < 4.78 is 47.1. The number of ether oxygens (including phenoxy) is 3. The average molecular weight is 654 g/mol. The first-order valence-corrected chi connectivity index (χ1v) is 15.7. The third-order valence-corrected chi connectivity index (χ3v) is 9.43. The highest BCUT2D eigenvalue weighted by molar-refractivity contribution is 7.07. The number of hydrogen-bond acceptors (Lipinski definition) is 7. The van der Waals surface area contributed by atoms with Crippen LogP contribution in [-0.2, 0) is 11.4 Å². The van der Waals surface area contributed by atoms with Gasteiger partial charge in [0, 0.05) is 22.9 Å². The molecular formula is C36H29F2N3O5S. The van der Waals surface area contributed by atoms with Crippen LogP contribution in [0.15, 0.2) is 94.7 Å². The van der Waals surface area contributed by atoms with E-state index in [2.05, 4.69) is 5.32 Å². The topological polar surface area (TPSA) is 91.2 Å². The predicted molar refractivity (Wildman–Crippen MR) is 174 cm³/mol. The van der Waals surface area contributed by atoms with E-state index in [1.807, 2.05) is 55.5 Å². The fourth-order valence-corrected chi connectivity index (χ4v) is 7.27. The van der Waals surface area contributed by atoms with Gasteiger partial charge in [0.1, 0.15) is 29.8 Å². The van der Waals surface area contributed by atoms with Crippen LogP contribution in [-0.4, -0.2) is 23.3 Å². The summed E-state index contributed by atoms with van der Waals surface area (Å²) in [5.74, 6) is -1.71. The molecule has 5 aromatic rings. The number of amides is 1. The maximum atomic E-state index is 14.2. The van der Waals surface area contributed by atoms with Crippen LogP contribution in [0.4, 0.5) is 14.5 Å². The second-order valence-electron chi connectivity index (χ2n) is 11.5. The summed E-state index contributed by atoms with van der Waals surface area (Å²) in [6.07, 6.45) is 1.73. The Morgan fingerprint density at radius 2 is 1.83 bits per heavy atom. The molecule has 238 valence electrons. The summed E-state index contributed by atoms with van der Waals surface area (Å²) in [6, 6.07) is 22.6. The molecule has 7 rings (SSSR count). The van der Waals surface area contributed by atoms with Crippen molar-refractivity contribution in [2.24, 2.45) is 10.9 Å². The molecule has 0 radical (unpaired) electrons. The maximum Gasteiger partial charge on any atom is 0.270 e. The Bertz CT molecular complexity index is 2230. The lowest BCUT2D eigenvalue weighted by molar-refractivity contribution is -0.131. The largest absolute Gasteiger partial charge is 0.496 e. The molecule has 2 bridgehead atoms. The lowest BCUT2D eigenvalue weighted by atomic mass is 9.80. The number of rotatable bonds is 7. The predicted octanol–water partition coefficient (Wildman–Crippen LogP) is 5.50. The number of carbonyl (C=O) groups is 1. The summed E-state index contributed by atoms with van der Waals surface area (Å²) in [7, 11) is 1.51. The number of methoxy groups -OCH3 is 1. The van der Waals surface area contributed by atoms with Crippen LogP contribution in [0.3, 0.4) is 0 Å². The lowest BCUT2D eigenvalue weighted by Crippen LogP contribution is -2.59. The fourth-order valence-electron chi connectivity index (χ4n) is 6.17. The normalized spacial score (nSPS) is 19.6. The minimum Gasteiger partial charge on any atom is -0.496 e. The minimum absolute atomic E-state index is 0.0606. The second kappa shape index (κ2) is 11.8. The number of thiazole rings is 1. The number of nitrogens with one attached hydrogen (secondary N) is 1. The number of aromatic nitrogens is 1. The fraction of sp³-hybridized carbons (Fsp3) is 0.194. The number of hydrogen-bond donors (Lipinski definition) is 1. The smallest absolute Gasteiger partial charge is 0.270 e. The molecular weight excluding hydrogens is 624 g/mol. The highest BCUT2D eigenvalue weighted by Crippen LogP contribution is 2.47. The molecule has 8 nitrogen and oxygen atoms in total. The number of fused-ring (bicyclic) bond motifs is 6. The zero-order chi connectivity index (χ0) is 32.9. The zero-order valence-electron chi connectivity index (χ0n) is 25.6. The van der Waals surface area contributed by atoms with E-state index >= 15 is 0 Å². The van der Waals surface area contributed by atoms with Crippen LogP contribution in [0, 0.1) is 24.5 Å².